The molecule has 0 aliphatic heterocycles. The van der Waals surface area contributed by atoms with E-state index in [9.17, 15) is 4.79 Å². The molecule has 83 valence electrons. The zero-order valence-electron chi connectivity index (χ0n) is 9.85. The van der Waals surface area contributed by atoms with E-state index >= 15 is 0 Å². The summed E-state index contributed by atoms with van der Waals surface area (Å²) >= 11 is 0. The van der Waals surface area contributed by atoms with Crippen LogP contribution in [0.4, 0.5) is 0 Å². The van der Waals surface area contributed by atoms with Crippen LogP contribution in [0.1, 0.15) is 71.6 Å². The van der Waals surface area contributed by atoms with Crippen LogP contribution in [0.3, 0.4) is 0 Å². The van der Waals surface area contributed by atoms with Crippen molar-refractivity contribution in [3.05, 3.63) is 0 Å². The van der Waals surface area contributed by atoms with Crippen LogP contribution >= 0.6 is 0 Å². The van der Waals surface area contributed by atoms with Crippen molar-refractivity contribution < 1.29 is 4.79 Å². The quantitative estimate of drug-likeness (QED) is 0.478. The Morgan fingerprint density at radius 3 is 1.86 bits per heavy atom. The molecule has 0 unspecified atom stereocenters. The third-order valence-electron chi connectivity index (χ3n) is 2.56. The minimum atomic E-state index is 0.632. The summed E-state index contributed by atoms with van der Waals surface area (Å²) < 4.78 is 0. The van der Waals surface area contributed by atoms with E-state index in [0.717, 1.165) is 12.3 Å². The van der Waals surface area contributed by atoms with E-state index in [1.165, 1.54) is 44.9 Å². The fourth-order valence-corrected chi connectivity index (χ4v) is 1.63. The summed E-state index contributed by atoms with van der Waals surface area (Å²) in [7, 11) is 0. The fraction of sp³-hybridized carbons (Fsp3) is 0.923. The van der Waals surface area contributed by atoms with Crippen LogP contribution in [0.5, 0.6) is 0 Å². The zero-order chi connectivity index (χ0) is 10.6. The highest BCUT2D eigenvalue weighted by Crippen LogP contribution is 2.12. The molecular formula is C13H25O. The van der Waals surface area contributed by atoms with Crippen molar-refractivity contribution in [3.63, 3.8) is 0 Å². The normalized spacial score (nSPS) is 10.8. The first kappa shape index (κ1) is 13.7. The highest BCUT2D eigenvalue weighted by Gasteiger charge is 1.94. The molecule has 0 spiro atoms. The third-order valence-corrected chi connectivity index (χ3v) is 2.56. The lowest BCUT2D eigenvalue weighted by molar-refractivity contribution is 0.508. The van der Waals surface area contributed by atoms with Gasteiger partial charge >= 0.3 is 0 Å². The summed E-state index contributed by atoms with van der Waals surface area (Å²) in [4.78, 5) is 9.92. The standard InChI is InChI=1S/C13H25O/c1-13(2)11-9-7-5-3-4-6-8-10-12-14/h13H,3-11H2,1-2H3. The molecule has 0 saturated heterocycles. The molecule has 0 atom stereocenters. The van der Waals surface area contributed by atoms with Crippen molar-refractivity contribution in [3.8, 4) is 0 Å². The van der Waals surface area contributed by atoms with Gasteiger partial charge in [-0.2, -0.15) is 0 Å². The maximum atomic E-state index is 9.92. The van der Waals surface area contributed by atoms with Gasteiger partial charge in [-0.15, -0.1) is 0 Å². The van der Waals surface area contributed by atoms with E-state index in [4.69, 9.17) is 0 Å². The molecule has 0 aliphatic rings. The summed E-state index contributed by atoms with van der Waals surface area (Å²) in [6.07, 6.45) is 13.0. The summed E-state index contributed by atoms with van der Waals surface area (Å²) in [6, 6.07) is 0. The molecule has 0 bridgehead atoms. The van der Waals surface area contributed by atoms with Crippen LogP contribution in [-0.4, -0.2) is 6.29 Å². The molecule has 0 N–H and O–H groups in total. The Labute approximate surface area is 89.3 Å². The molecule has 1 radical (unpaired) electrons. The van der Waals surface area contributed by atoms with Gasteiger partial charge in [-0.3, -0.25) is 4.79 Å². The van der Waals surface area contributed by atoms with Gasteiger partial charge in [0.05, 0.1) is 0 Å². The second-order valence-electron chi connectivity index (χ2n) is 4.55. The first-order chi connectivity index (χ1) is 6.77. The topological polar surface area (TPSA) is 17.1 Å². The van der Waals surface area contributed by atoms with Crippen molar-refractivity contribution >= 4 is 6.29 Å². The number of hydrogen-bond acceptors (Lipinski definition) is 1. The van der Waals surface area contributed by atoms with Crippen LogP contribution in [-0.2, 0) is 4.79 Å². The first-order valence-electron chi connectivity index (χ1n) is 6.12. The van der Waals surface area contributed by atoms with Gasteiger partial charge in [-0.25, -0.2) is 0 Å². The van der Waals surface area contributed by atoms with E-state index < -0.39 is 0 Å². The molecule has 0 aromatic carbocycles. The van der Waals surface area contributed by atoms with Gasteiger partial charge < -0.3 is 0 Å². The van der Waals surface area contributed by atoms with Crippen molar-refractivity contribution in [1.82, 2.24) is 0 Å². The van der Waals surface area contributed by atoms with Crippen molar-refractivity contribution in [2.24, 2.45) is 5.92 Å². The lowest BCUT2D eigenvalue weighted by Crippen LogP contribution is -1.87. The van der Waals surface area contributed by atoms with Gasteiger partial charge in [0, 0.05) is 6.42 Å². The lowest BCUT2D eigenvalue weighted by Gasteiger charge is -2.03. The Balaban J connectivity index is 2.88. The van der Waals surface area contributed by atoms with E-state index in [2.05, 4.69) is 13.8 Å². The third kappa shape index (κ3) is 11.7. The maximum Gasteiger partial charge on any atom is 0.198 e. The molecule has 1 heteroatoms. The average molecular weight is 197 g/mol. The molecule has 0 heterocycles. The van der Waals surface area contributed by atoms with E-state index in [-0.39, 0.29) is 0 Å². The summed E-state index contributed by atoms with van der Waals surface area (Å²) in [5.74, 6) is 0.859. The predicted octanol–water partition coefficient (Wildman–Crippen LogP) is 4.26. The monoisotopic (exact) mass is 197 g/mol. The molecule has 0 aliphatic carbocycles. The Hall–Kier alpha value is -0.330. The second kappa shape index (κ2) is 10.7. The van der Waals surface area contributed by atoms with Gasteiger partial charge in [0.15, 0.2) is 6.29 Å². The summed E-state index contributed by atoms with van der Waals surface area (Å²) in [5, 5.41) is 0. The van der Waals surface area contributed by atoms with Gasteiger partial charge in [-0.1, -0.05) is 58.8 Å². The smallest absolute Gasteiger partial charge is 0.198 e. The molecule has 1 nitrogen and oxygen atoms in total. The molecule has 0 saturated carbocycles. The number of unbranched alkanes of at least 4 members (excludes halogenated alkanes) is 7. The van der Waals surface area contributed by atoms with E-state index in [1.807, 2.05) is 6.29 Å². The molecule has 0 amide bonds. The Kier molecular flexibility index (Phi) is 10.5. The van der Waals surface area contributed by atoms with Gasteiger partial charge in [0.25, 0.3) is 0 Å². The van der Waals surface area contributed by atoms with Crippen LogP contribution in [0.2, 0.25) is 0 Å². The SMILES string of the molecule is CC(C)CCCCCCCCC[C]=O. The summed E-state index contributed by atoms with van der Waals surface area (Å²) in [6.45, 7) is 4.58. The van der Waals surface area contributed by atoms with Crippen molar-refractivity contribution in [2.75, 3.05) is 0 Å². The molecule has 0 aromatic heterocycles. The summed E-state index contributed by atoms with van der Waals surface area (Å²) in [5.41, 5.74) is 0. The number of hydrogen-bond donors (Lipinski definition) is 0. The van der Waals surface area contributed by atoms with Gasteiger partial charge in [0.1, 0.15) is 0 Å². The van der Waals surface area contributed by atoms with E-state index in [1.54, 1.807) is 0 Å². The molecule has 14 heavy (non-hydrogen) atoms. The minimum absolute atomic E-state index is 0.632. The molecular weight excluding hydrogens is 172 g/mol. The molecule has 0 rings (SSSR count). The highest BCUT2D eigenvalue weighted by molar-refractivity contribution is 5.50. The highest BCUT2D eigenvalue weighted by atomic mass is 16.1. The maximum absolute atomic E-state index is 9.92. The Morgan fingerprint density at radius 2 is 1.36 bits per heavy atom. The predicted molar refractivity (Wildman–Crippen MR) is 62.1 cm³/mol. The van der Waals surface area contributed by atoms with Crippen molar-refractivity contribution in [2.45, 2.75) is 71.6 Å². The average Bonchev–Trinajstić information content (AvgIpc) is 2.15. The Bertz CT molecular complexity index is 118. The van der Waals surface area contributed by atoms with Gasteiger partial charge in [-0.05, 0) is 12.3 Å². The van der Waals surface area contributed by atoms with Gasteiger partial charge in [0.2, 0.25) is 0 Å². The molecule has 0 fully saturated rings. The van der Waals surface area contributed by atoms with Crippen LogP contribution < -0.4 is 0 Å². The number of carbonyl (C=O) groups excluding carboxylic acids is 1. The Morgan fingerprint density at radius 1 is 0.857 bits per heavy atom. The zero-order valence-corrected chi connectivity index (χ0v) is 9.85. The number of rotatable bonds is 10. The minimum Gasteiger partial charge on any atom is -0.291 e. The first-order valence-corrected chi connectivity index (χ1v) is 6.12. The van der Waals surface area contributed by atoms with Crippen molar-refractivity contribution in [1.29, 1.82) is 0 Å². The van der Waals surface area contributed by atoms with E-state index in [0.29, 0.717) is 6.42 Å². The van der Waals surface area contributed by atoms with Crippen LogP contribution in [0.25, 0.3) is 0 Å². The van der Waals surface area contributed by atoms with Crippen LogP contribution in [0, 0.1) is 5.92 Å². The fourth-order valence-electron chi connectivity index (χ4n) is 1.63. The molecule has 0 aromatic rings. The van der Waals surface area contributed by atoms with Crippen LogP contribution in [0.15, 0.2) is 0 Å². The lowest BCUT2D eigenvalue weighted by atomic mass is 10.0. The largest absolute Gasteiger partial charge is 0.291 e. The second-order valence-corrected chi connectivity index (χ2v) is 4.55.